The first-order valence-electron chi connectivity index (χ1n) is 5.29. The molecule has 0 N–H and O–H groups in total. The fourth-order valence-corrected chi connectivity index (χ4v) is 2.26. The van der Waals surface area contributed by atoms with Gasteiger partial charge in [0, 0.05) is 28.9 Å². The third kappa shape index (κ3) is 2.11. The third-order valence-electron chi connectivity index (χ3n) is 2.85. The average Bonchev–Trinajstić information content (AvgIpc) is 2.52. The van der Waals surface area contributed by atoms with E-state index in [0.717, 1.165) is 28.8 Å². The van der Waals surface area contributed by atoms with E-state index in [2.05, 4.69) is 5.10 Å². The smallest absolute Gasteiger partial charge is 0.150 e. The minimum Gasteiger partial charge on any atom is -0.298 e. The van der Waals surface area contributed by atoms with Gasteiger partial charge in [-0.25, -0.2) is 0 Å². The van der Waals surface area contributed by atoms with Crippen molar-refractivity contribution in [3.05, 3.63) is 40.2 Å². The molecule has 0 saturated heterocycles. The van der Waals surface area contributed by atoms with Crippen molar-refractivity contribution in [3.8, 4) is 11.1 Å². The lowest BCUT2D eigenvalue weighted by atomic mass is 10.0. The topological polar surface area (TPSA) is 34.9 Å². The second kappa shape index (κ2) is 4.34. The molecule has 0 unspecified atom stereocenters. The first-order chi connectivity index (χ1) is 8.02. The van der Waals surface area contributed by atoms with Gasteiger partial charge in [-0.15, -0.1) is 0 Å². The van der Waals surface area contributed by atoms with Crippen LogP contribution in [-0.2, 0) is 7.05 Å². The van der Waals surface area contributed by atoms with E-state index < -0.39 is 0 Å². The van der Waals surface area contributed by atoms with Crippen LogP contribution in [0.3, 0.4) is 0 Å². The summed E-state index contributed by atoms with van der Waals surface area (Å²) in [6.45, 7) is 3.95. The highest BCUT2D eigenvalue weighted by atomic mass is 35.5. The molecule has 88 valence electrons. The summed E-state index contributed by atoms with van der Waals surface area (Å²) in [5, 5.41) is 4.92. The molecule has 0 aliphatic carbocycles. The van der Waals surface area contributed by atoms with Gasteiger partial charge < -0.3 is 0 Å². The molecule has 2 rings (SSSR count). The largest absolute Gasteiger partial charge is 0.298 e. The predicted molar refractivity (Wildman–Crippen MR) is 68.5 cm³/mol. The number of benzene rings is 1. The van der Waals surface area contributed by atoms with Gasteiger partial charge in [0.15, 0.2) is 0 Å². The van der Waals surface area contributed by atoms with Crippen LogP contribution in [0.1, 0.15) is 21.7 Å². The normalized spacial score (nSPS) is 10.6. The molecule has 4 heteroatoms. The van der Waals surface area contributed by atoms with Crippen LogP contribution in [0.15, 0.2) is 18.2 Å². The summed E-state index contributed by atoms with van der Waals surface area (Å²) in [6, 6.07) is 5.33. The zero-order chi connectivity index (χ0) is 12.6. The van der Waals surface area contributed by atoms with Gasteiger partial charge >= 0.3 is 0 Å². The molecule has 0 fully saturated rings. The number of carbonyl (C=O) groups excluding carboxylic acids is 1. The van der Waals surface area contributed by atoms with Gasteiger partial charge in [0.25, 0.3) is 0 Å². The molecule has 0 spiro atoms. The zero-order valence-electron chi connectivity index (χ0n) is 9.99. The van der Waals surface area contributed by atoms with Crippen LogP contribution in [0.5, 0.6) is 0 Å². The van der Waals surface area contributed by atoms with Crippen molar-refractivity contribution in [2.24, 2.45) is 7.05 Å². The van der Waals surface area contributed by atoms with E-state index in [9.17, 15) is 4.79 Å². The molecule has 0 aliphatic rings. The van der Waals surface area contributed by atoms with E-state index in [0.29, 0.717) is 10.6 Å². The Morgan fingerprint density at radius 1 is 1.29 bits per heavy atom. The number of rotatable bonds is 2. The lowest BCUT2D eigenvalue weighted by Crippen LogP contribution is -1.92. The number of halogens is 1. The predicted octanol–water partition coefficient (Wildman–Crippen LogP) is 3.17. The number of nitrogens with zero attached hydrogens (tertiary/aromatic N) is 2. The Hall–Kier alpha value is -1.61. The van der Waals surface area contributed by atoms with Crippen molar-refractivity contribution < 1.29 is 4.79 Å². The molecule has 0 aliphatic heterocycles. The molecule has 2 aromatic rings. The maximum absolute atomic E-state index is 10.8. The highest BCUT2D eigenvalue weighted by Crippen LogP contribution is 2.29. The van der Waals surface area contributed by atoms with Crippen LogP contribution in [0.2, 0.25) is 5.02 Å². The number of aryl methyl sites for hydroxylation is 2. The maximum atomic E-state index is 10.8. The minimum absolute atomic E-state index is 0.562. The quantitative estimate of drug-likeness (QED) is 0.765. The highest BCUT2D eigenvalue weighted by Gasteiger charge is 2.12. The molecule has 0 amide bonds. The Kier molecular flexibility index (Phi) is 3.03. The van der Waals surface area contributed by atoms with E-state index in [1.54, 1.807) is 6.07 Å². The molecule has 0 radical (unpaired) electrons. The number of hydrogen-bond donors (Lipinski definition) is 0. The average molecular weight is 249 g/mol. The molecule has 0 atom stereocenters. The first kappa shape index (κ1) is 11.9. The van der Waals surface area contributed by atoms with Crippen LogP contribution in [0.25, 0.3) is 11.1 Å². The summed E-state index contributed by atoms with van der Waals surface area (Å²) in [5.74, 6) is 0. The van der Waals surface area contributed by atoms with Crippen molar-refractivity contribution in [3.63, 3.8) is 0 Å². The van der Waals surface area contributed by atoms with Crippen LogP contribution in [0, 0.1) is 13.8 Å². The van der Waals surface area contributed by atoms with Crippen molar-refractivity contribution in [2.75, 3.05) is 0 Å². The lowest BCUT2D eigenvalue weighted by Gasteiger charge is -2.04. The minimum atomic E-state index is 0.562. The number of aldehydes is 1. The van der Waals surface area contributed by atoms with Gasteiger partial charge in [-0.3, -0.25) is 9.48 Å². The molecule has 3 nitrogen and oxygen atoms in total. The van der Waals surface area contributed by atoms with Gasteiger partial charge in [-0.05, 0) is 37.6 Å². The summed E-state index contributed by atoms with van der Waals surface area (Å²) in [6.07, 6.45) is 0.802. The van der Waals surface area contributed by atoms with Gasteiger partial charge in [0.05, 0.1) is 5.69 Å². The second-order valence-electron chi connectivity index (χ2n) is 4.06. The Morgan fingerprint density at radius 3 is 2.53 bits per heavy atom. The summed E-state index contributed by atoms with van der Waals surface area (Å²) < 4.78 is 1.83. The van der Waals surface area contributed by atoms with Crippen molar-refractivity contribution in [2.45, 2.75) is 13.8 Å². The van der Waals surface area contributed by atoms with Gasteiger partial charge in [-0.1, -0.05) is 11.6 Å². The highest BCUT2D eigenvalue weighted by molar-refractivity contribution is 6.31. The van der Waals surface area contributed by atoms with Crippen LogP contribution in [0.4, 0.5) is 0 Å². The van der Waals surface area contributed by atoms with Gasteiger partial charge in [0.1, 0.15) is 6.29 Å². The maximum Gasteiger partial charge on any atom is 0.150 e. The number of hydrogen-bond acceptors (Lipinski definition) is 2. The van der Waals surface area contributed by atoms with Crippen LogP contribution in [-0.4, -0.2) is 16.1 Å². The summed E-state index contributed by atoms with van der Waals surface area (Å²) >= 11 is 6.00. The number of carbonyl (C=O) groups is 1. The van der Waals surface area contributed by atoms with Crippen LogP contribution < -0.4 is 0 Å². The van der Waals surface area contributed by atoms with E-state index in [4.69, 9.17) is 11.6 Å². The standard InChI is InChI=1S/C13H13ClN2O/c1-8-13(9(2)16(3)15-8)11-4-10(7-17)5-12(14)6-11/h4-7H,1-3H3. The molecular formula is C13H13ClN2O. The fraction of sp³-hybridized carbons (Fsp3) is 0.231. The van der Waals surface area contributed by atoms with E-state index in [1.807, 2.05) is 37.7 Å². The summed E-state index contributed by atoms with van der Waals surface area (Å²) in [5.41, 5.74) is 4.54. The Bertz CT molecular complexity index is 587. The van der Waals surface area contributed by atoms with Gasteiger partial charge in [-0.2, -0.15) is 5.10 Å². The van der Waals surface area contributed by atoms with Crippen molar-refractivity contribution in [1.82, 2.24) is 9.78 Å². The second-order valence-corrected chi connectivity index (χ2v) is 4.50. The summed E-state index contributed by atoms with van der Waals surface area (Å²) in [4.78, 5) is 10.8. The first-order valence-corrected chi connectivity index (χ1v) is 5.67. The molecule has 1 heterocycles. The molecule has 0 saturated carbocycles. The molecule has 1 aromatic heterocycles. The Labute approximate surface area is 105 Å². The van der Waals surface area contributed by atoms with Crippen molar-refractivity contribution >= 4 is 17.9 Å². The SMILES string of the molecule is Cc1nn(C)c(C)c1-c1cc(Cl)cc(C=O)c1. The molecule has 0 bridgehead atoms. The van der Waals surface area contributed by atoms with Crippen LogP contribution >= 0.6 is 11.6 Å². The summed E-state index contributed by atoms with van der Waals surface area (Å²) in [7, 11) is 1.90. The van der Waals surface area contributed by atoms with Crippen molar-refractivity contribution in [1.29, 1.82) is 0 Å². The molecule has 17 heavy (non-hydrogen) atoms. The Balaban J connectivity index is 2.67. The van der Waals surface area contributed by atoms with E-state index >= 15 is 0 Å². The third-order valence-corrected chi connectivity index (χ3v) is 3.07. The monoisotopic (exact) mass is 248 g/mol. The van der Waals surface area contributed by atoms with Gasteiger partial charge in [0.2, 0.25) is 0 Å². The molecular weight excluding hydrogens is 236 g/mol. The van der Waals surface area contributed by atoms with E-state index in [-0.39, 0.29) is 0 Å². The lowest BCUT2D eigenvalue weighted by molar-refractivity contribution is 0.112. The molecule has 1 aromatic carbocycles. The number of aromatic nitrogens is 2. The Morgan fingerprint density at radius 2 is 2.00 bits per heavy atom. The zero-order valence-corrected chi connectivity index (χ0v) is 10.7. The van der Waals surface area contributed by atoms with E-state index in [1.165, 1.54) is 0 Å². The fourth-order valence-electron chi connectivity index (χ4n) is 2.02.